The van der Waals surface area contributed by atoms with Crippen molar-refractivity contribution in [2.75, 3.05) is 7.11 Å². The molecule has 0 saturated heterocycles. The molecule has 0 aliphatic heterocycles. The fraction of sp³-hybridized carbons (Fsp3) is 0.240. The van der Waals surface area contributed by atoms with Gasteiger partial charge in [-0.3, -0.25) is 4.79 Å². The second-order valence-corrected chi connectivity index (χ2v) is 9.48. The fourth-order valence-corrected chi connectivity index (χ4v) is 4.35. The van der Waals surface area contributed by atoms with Gasteiger partial charge >= 0.3 is 10.1 Å². The maximum Gasteiger partial charge on any atom is 0.339 e. The third kappa shape index (κ3) is 6.06. The Bertz CT molecular complexity index is 1190. The summed E-state index contributed by atoms with van der Waals surface area (Å²) in [6.07, 6.45) is 0.775. The number of hydrogen-bond donors (Lipinski definition) is 0. The van der Waals surface area contributed by atoms with E-state index in [1.807, 2.05) is 13.8 Å². The Balaban J connectivity index is 1.76. The number of methoxy groups -OCH3 is 1. The second kappa shape index (κ2) is 10.7. The molecule has 1 atom stereocenters. The largest absolute Gasteiger partial charge is 0.497 e. The van der Waals surface area contributed by atoms with Gasteiger partial charge in [0.2, 0.25) is 0 Å². The molecule has 33 heavy (non-hydrogen) atoms. The minimum atomic E-state index is -3.98. The first-order chi connectivity index (χ1) is 15.7. The highest BCUT2D eigenvalue weighted by Gasteiger charge is 2.23. The van der Waals surface area contributed by atoms with Crippen LogP contribution in [-0.2, 0) is 16.7 Å². The summed E-state index contributed by atoms with van der Waals surface area (Å²) in [4.78, 5) is 14.9. The quantitative estimate of drug-likeness (QED) is 0.369. The summed E-state index contributed by atoms with van der Waals surface area (Å²) in [7, 11) is -2.47. The average Bonchev–Trinajstić information content (AvgIpc) is 2.83. The Hall–Kier alpha value is -3.03. The molecule has 0 spiro atoms. The normalized spacial score (nSPS) is 12.1. The smallest absolute Gasteiger partial charge is 0.339 e. The van der Waals surface area contributed by atoms with E-state index in [0.717, 1.165) is 12.0 Å². The van der Waals surface area contributed by atoms with E-state index in [1.165, 1.54) is 19.2 Å². The third-order valence-electron chi connectivity index (χ3n) is 5.32. The van der Waals surface area contributed by atoms with Crippen LogP contribution in [0.3, 0.4) is 0 Å². The molecule has 3 aromatic rings. The molecule has 174 valence electrons. The van der Waals surface area contributed by atoms with Crippen molar-refractivity contribution < 1.29 is 22.1 Å². The maximum atomic E-state index is 13.2. The van der Waals surface area contributed by atoms with Crippen LogP contribution < -0.4 is 8.92 Å². The van der Waals surface area contributed by atoms with Gasteiger partial charge in [-0.25, -0.2) is 0 Å². The van der Waals surface area contributed by atoms with Gasteiger partial charge < -0.3 is 13.8 Å². The van der Waals surface area contributed by atoms with Crippen LogP contribution in [0.4, 0.5) is 0 Å². The Morgan fingerprint density at radius 1 is 0.970 bits per heavy atom. The van der Waals surface area contributed by atoms with Crippen molar-refractivity contribution in [1.29, 1.82) is 0 Å². The summed E-state index contributed by atoms with van der Waals surface area (Å²) in [6.45, 7) is 4.34. The zero-order chi connectivity index (χ0) is 24.0. The lowest BCUT2D eigenvalue weighted by Crippen LogP contribution is -2.37. The van der Waals surface area contributed by atoms with Gasteiger partial charge in [-0.1, -0.05) is 42.8 Å². The lowest BCUT2D eigenvalue weighted by Gasteiger charge is -2.29. The highest BCUT2D eigenvalue weighted by atomic mass is 35.5. The molecule has 0 aromatic heterocycles. The summed E-state index contributed by atoms with van der Waals surface area (Å²) in [5.41, 5.74) is 1.29. The Morgan fingerprint density at radius 2 is 1.58 bits per heavy atom. The molecular weight excluding hydrogens is 462 g/mol. The molecule has 0 fully saturated rings. The molecule has 0 aliphatic carbocycles. The molecule has 3 aromatic carbocycles. The van der Waals surface area contributed by atoms with E-state index in [4.69, 9.17) is 20.5 Å². The molecule has 8 heteroatoms. The number of hydrogen-bond acceptors (Lipinski definition) is 5. The van der Waals surface area contributed by atoms with Crippen molar-refractivity contribution >= 4 is 27.6 Å². The molecule has 0 radical (unpaired) electrons. The fourth-order valence-electron chi connectivity index (χ4n) is 3.20. The van der Waals surface area contributed by atoms with Crippen LogP contribution in [0.5, 0.6) is 11.5 Å². The number of ether oxygens (including phenoxy) is 1. The molecule has 3 rings (SSSR count). The number of amides is 1. The highest BCUT2D eigenvalue weighted by molar-refractivity contribution is 7.87. The van der Waals surface area contributed by atoms with Gasteiger partial charge in [-0.15, -0.1) is 0 Å². The second-order valence-electron chi connectivity index (χ2n) is 7.53. The first-order valence-corrected chi connectivity index (χ1v) is 12.3. The monoisotopic (exact) mass is 487 g/mol. The molecule has 0 heterocycles. The highest BCUT2D eigenvalue weighted by Crippen LogP contribution is 2.24. The first-order valence-electron chi connectivity index (χ1n) is 10.5. The van der Waals surface area contributed by atoms with Crippen LogP contribution >= 0.6 is 11.6 Å². The van der Waals surface area contributed by atoms with Gasteiger partial charge in [0.05, 0.1) is 17.7 Å². The molecule has 0 saturated carbocycles. The predicted molar refractivity (Wildman–Crippen MR) is 128 cm³/mol. The van der Waals surface area contributed by atoms with Crippen molar-refractivity contribution in [3.63, 3.8) is 0 Å². The van der Waals surface area contributed by atoms with Crippen LogP contribution in [0.1, 0.15) is 36.2 Å². The summed E-state index contributed by atoms with van der Waals surface area (Å²) >= 11 is 6.24. The van der Waals surface area contributed by atoms with Gasteiger partial charge in [0, 0.05) is 12.6 Å². The van der Waals surface area contributed by atoms with E-state index in [9.17, 15) is 13.2 Å². The van der Waals surface area contributed by atoms with Gasteiger partial charge in [-0.05, 0) is 67.4 Å². The lowest BCUT2D eigenvalue weighted by molar-refractivity contribution is 0.0672. The zero-order valence-corrected chi connectivity index (χ0v) is 20.3. The van der Waals surface area contributed by atoms with Gasteiger partial charge in [-0.2, -0.15) is 8.42 Å². The number of halogens is 1. The molecular formula is C25H26ClNO5S. The van der Waals surface area contributed by atoms with E-state index in [0.29, 0.717) is 22.9 Å². The molecule has 0 aliphatic rings. The first kappa shape index (κ1) is 24.6. The maximum absolute atomic E-state index is 13.2. The van der Waals surface area contributed by atoms with E-state index >= 15 is 0 Å². The zero-order valence-electron chi connectivity index (χ0n) is 18.7. The van der Waals surface area contributed by atoms with Crippen LogP contribution in [0.15, 0.2) is 77.7 Å². The predicted octanol–water partition coefficient (Wildman–Crippen LogP) is 5.56. The van der Waals surface area contributed by atoms with Crippen LogP contribution in [0.2, 0.25) is 5.02 Å². The summed E-state index contributed by atoms with van der Waals surface area (Å²) in [5.74, 6) is 0.579. The molecule has 1 amide bonds. The van der Waals surface area contributed by atoms with Gasteiger partial charge in [0.15, 0.2) is 0 Å². The van der Waals surface area contributed by atoms with E-state index < -0.39 is 10.1 Å². The molecule has 0 bridgehead atoms. The molecule has 1 unspecified atom stereocenters. The number of benzene rings is 3. The Kier molecular flexibility index (Phi) is 8.00. The standard InChI is InChI=1S/C25H26ClNO5S/c1-4-18(2)27(25(28)23-7-5-6-8-24(23)26)17-19-9-11-21(12-10-19)32-33(29,30)22-15-13-20(31-3)14-16-22/h5-16,18H,4,17H2,1-3H3. The van der Waals surface area contributed by atoms with Crippen molar-refractivity contribution in [2.24, 2.45) is 0 Å². The van der Waals surface area contributed by atoms with Gasteiger partial charge in [0.25, 0.3) is 5.91 Å². The summed E-state index contributed by atoms with van der Waals surface area (Å²) < 4.78 is 35.4. The number of carbonyl (C=O) groups is 1. The van der Waals surface area contributed by atoms with Crippen LogP contribution in [0.25, 0.3) is 0 Å². The summed E-state index contributed by atoms with van der Waals surface area (Å²) in [6, 6.07) is 19.5. The summed E-state index contributed by atoms with van der Waals surface area (Å²) in [5, 5.41) is 0.406. The lowest BCUT2D eigenvalue weighted by atomic mass is 10.1. The molecule has 6 nitrogen and oxygen atoms in total. The van der Waals surface area contributed by atoms with Crippen molar-refractivity contribution in [1.82, 2.24) is 4.90 Å². The minimum absolute atomic E-state index is 0.0138. The van der Waals surface area contributed by atoms with Gasteiger partial charge in [0.1, 0.15) is 16.4 Å². The van der Waals surface area contributed by atoms with E-state index in [2.05, 4.69) is 0 Å². The average molecular weight is 488 g/mol. The van der Waals surface area contributed by atoms with E-state index in [1.54, 1.807) is 65.6 Å². The van der Waals surface area contributed by atoms with Crippen molar-refractivity contribution in [2.45, 2.75) is 37.8 Å². The number of carbonyl (C=O) groups excluding carboxylic acids is 1. The molecule has 0 N–H and O–H groups in total. The Labute approximate surface area is 199 Å². The van der Waals surface area contributed by atoms with Crippen molar-refractivity contribution in [3.8, 4) is 11.5 Å². The minimum Gasteiger partial charge on any atom is -0.497 e. The topological polar surface area (TPSA) is 72.9 Å². The Morgan fingerprint density at radius 3 is 2.15 bits per heavy atom. The van der Waals surface area contributed by atoms with Crippen LogP contribution in [0, 0.1) is 0 Å². The van der Waals surface area contributed by atoms with Crippen molar-refractivity contribution in [3.05, 3.63) is 88.9 Å². The number of nitrogens with zero attached hydrogens (tertiary/aromatic N) is 1. The SMILES string of the molecule is CCC(C)N(Cc1ccc(OS(=O)(=O)c2ccc(OC)cc2)cc1)C(=O)c1ccccc1Cl. The number of rotatable bonds is 9. The third-order valence-corrected chi connectivity index (χ3v) is 6.91. The van der Waals surface area contributed by atoms with Crippen LogP contribution in [-0.4, -0.2) is 32.4 Å². The van der Waals surface area contributed by atoms with E-state index in [-0.39, 0.29) is 22.6 Å².